The fraction of sp³-hybridized carbons (Fsp3) is 0.179. The maximum Gasteiger partial charge on any atom is 0.255 e. The molecule has 1 heterocycles. The molecule has 3 heteroatoms. The Kier molecular flexibility index (Phi) is 4.27. The van der Waals surface area contributed by atoms with Gasteiger partial charge in [0.2, 0.25) is 0 Å². The number of benzene rings is 4. The highest BCUT2D eigenvalue weighted by Crippen LogP contribution is 2.35. The molecule has 6 rings (SSSR count). The van der Waals surface area contributed by atoms with Gasteiger partial charge in [-0.1, -0.05) is 54.6 Å². The first-order chi connectivity index (χ1) is 15.3. The molecular formula is C28H24N2O. The Labute approximate surface area is 182 Å². The number of rotatable bonds is 4. The third-order valence-electron chi connectivity index (χ3n) is 6.70. The molecule has 0 saturated heterocycles. The molecule has 0 aromatic heterocycles. The van der Waals surface area contributed by atoms with Crippen LogP contribution in [0.4, 0.5) is 11.4 Å². The number of carbonyl (C=O) groups excluding carboxylic acids is 1. The first kappa shape index (κ1) is 18.2. The lowest BCUT2D eigenvalue weighted by atomic mass is 10.0. The van der Waals surface area contributed by atoms with E-state index in [2.05, 4.69) is 70.9 Å². The van der Waals surface area contributed by atoms with E-state index in [9.17, 15) is 4.79 Å². The Hall–Kier alpha value is -3.59. The van der Waals surface area contributed by atoms with Crippen molar-refractivity contribution in [1.29, 1.82) is 0 Å². The third kappa shape index (κ3) is 3.17. The molecule has 4 aromatic rings. The topological polar surface area (TPSA) is 32.3 Å². The van der Waals surface area contributed by atoms with Crippen LogP contribution in [0, 0.1) is 0 Å². The van der Waals surface area contributed by atoms with Gasteiger partial charge in [-0.3, -0.25) is 4.79 Å². The maximum atomic E-state index is 12.9. The summed E-state index contributed by atoms with van der Waals surface area (Å²) in [4.78, 5) is 15.4. The van der Waals surface area contributed by atoms with Crippen molar-refractivity contribution >= 4 is 28.1 Å². The molecule has 0 atom stereocenters. The summed E-state index contributed by atoms with van der Waals surface area (Å²) in [6.07, 6.45) is 3.28. The summed E-state index contributed by atoms with van der Waals surface area (Å²) in [6, 6.07) is 27.2. The van der Waals surface area contributed by atoms with E-state index in [4.69, 9.17) is 0 Å². The second-order valence-corrected chi connectivity index (χ2v) is 8.56. The highest BCUT2D eigenvalue weighted by molar-refractivity contribution is 6.10. The molecule has 2 aliphatic rings. The molecule has 4 aromatic carbocycles. The van der Waals surface area contributed by atoms with Crippen LogP contribution in [0.5, 0.6) is 0 Å². The largest absolute Gasteiger partial charge is 0.367 e. The van der Waals surface area contributed by atoms with Crippen LogP contribution < -0.4 is 10.2 Å². The minimum atomic E-state index is -0.0585. The number of para-hydroxylation sites is 1. The standard InChI is InChI=1S/C28H24N2O/c31-28(29-25-15-14-22-13-12-21-5-3-6-24(25)27(21)22)23-10-8-19(9-11-23)18-30-17-16-20-4-1-2-7-26(20)30/h1-11,14-15H,12-13,16-18H2,(H,29,31). The Balaban J connectivity index is 1.20. The van der Waals surface area contributed by atoms with Crippen molar-refractivity contribution in [2.75, 3.05) is 16.8 Å². The number of aryl methyl sites for hydroxylation is 2. The fourth-order valence-electron chi connectivity index (χ4n) is 5.10. The minimum Gasteiger partial charge on any atom is -0.367 e. The monoisotopic (exact) mass is 404 g/mol. The molecule has 31 heavy (non-hydrogen) atoms. The van der Waals surface area contributed by atoms with Crippen LogP contribution in [0.15, 0.2) is 78.9 Å². The molecular weight excluding hydrogens is 380 g/mol. The Morgan fingerprint density at radius 1 is 0.774 bits per heavy atom. The molecule has 0 saturated carbocycles. The van der Waals surface area contributed by atoms with Gasteiger partial charge in [0.15, 0.2) is 0 Å². The average molecular weight is 405 g/mol. The van der Waals surface area contributed by atoms with Crippen LogP contribution in [0.2, 0.25) is 0 Å². The average Bonchev–Trinajstić information content (AvgIpc) is 3.42. The van der Waals surface area contributed by atoms with Crippen LogP contribution in [-0.4, -0.2) is 12.5 Å². The van der Waals surface area contributed by atoms with Gasteiger partial charge in [0.05, 0.1) is 0 Å². The molecule has 0 spiro atoms. The van der Waals surface area contributed by atoms with Crippen LogP contribution in [0.3, 0.4) is 0 Å². The molecule has 0 radical (unpaired) electrons. The quantitative estimate of drug-likeness (QED) is 0.469. The van der Waals surface area contributed by atoms with Crippen molar-refractivity contribution in [3.8, 4) is 0 Å². The van der Waals surface area contributed by atoms with Crippen molar-refractivity contribution < 1.29 is 4.79 Å². The van der Waals surface area contributed by atoms with Gasteiger partial charge in [-0.05, 0) is 71.2 Å². The van der Waals surface area contributed by atoms with Crippen molar-refractivity contribution in [3.05, 3.63) is 107 Å². The van der Waals surface area contributed by atoms with Crippen molar-refractivity contribution in [2.24, 2.45) is 0 Å². The highest BCUT2D eigenvalue weighted by Gasteiger charge is 2.19. The number of amides is 1. The molecule has 1 aliphatic heterocycles. The summed E-state index contributed by atoms with van der Waals surface area (Å²) in [5.41, 5.74) is 8.32. The normalized spacial score (nSPS) is 14.1. The third-order valence-corrected chi connectivity index (χ3v) is 6.70. The van der Waals surface area contributed by atoms with Gasteiger partial charge in [0.25, 0.3) is 5.91 Å². The zero-order valence-corrected chi connectivity index (χ0v) is 17.4. The summed E-state index contributed by atoms with van der Waals surface area (Å²) in [5.74, 6) is -0.0585. The maximum absolute atomic E-state index is 12.9. The molecule has 1 amide bonds. The van der Waals surface area contributed by atoms with Crippen LogP contribution in [0.1, 0.15) is 32.6 Å². The van der Waals surface area contributed by atoms with Crippen molar-refractivity contribution in [3.63, 3.8) is 0 Å². The number of nitrogens with one attached hydrogen (secondary N) is 1. The van der Waals surface area contributed by atoms with Gasteiger partial charge in [0.1, 0.15) is 0 Å². The lowest BCUT2D eigenvalue weighted by molar-refractivity contribution is 0.102. The van der Waals surface area contributed by atoms with Crippen molar-refractivity contribution in [1.82, 2.24) is 0 Å². The molecule has 0 fully saturated rings. The minimum absolute atomic E-state index is 0.0585. The van der Waals surface area contributed by atoms with Crippen LogP contribution in [-0.2, 0) is 25.8 Å². The highest BCUT2D eigenvalue weighted by atomic mass is 16.1. The van der Waals surface area contributed by atoms with E-state index in [1.165, 1.54) is 33.3 Å². The number of nitrogens with zero attached hydrogens (tertiary/aromatic N) is 1. The van der Waals surface area contributed by atoms with Gasteiger partial charge >= 0.3 is 0 Å². The number of fused-ring (bicyclic) bond motifs is 1. The molecule has 1 aliphatic carbocycles. The van der Waals surface area contributed by atoms with Gasteiger partial charge in [0, 0.05) is 35.4 Å². The van der Waals surface area contributed by atoms with Crippen molar-refractivity contribution in [2.45, 2.75) is 25.8 Å². The first-order valence-electron chi connectivity index (χ1n) is 11.0. The molecule has 3 nitrogen and oxygen atoms in total. The number of carbonyl (C=O) groups is 1. The van der Waals surface area contributed by atoms with E-state index >= 15 is 0 Å². The Morgan fingerprint density at radius 3 is 2.42 bits per heavy atom. The van der Waals surface area contributed by atoms with E-state index < -0.39 is 0 Å². The zero-order chi connectivity index (χ0) is 20.8. The lowest BCUT2D eigenvalue weighted by Crippen LogP contribution is -2.19. The fourth-order valence-corrected chi connectivity index (χ4v) is 5.10. The van der Waals surface area contributed by atoms with E-state index in [-0.39, 0.29) is 5.91 Å². The smallest absolute Gasteiger partial charge is 0.255 e. The molecule has 0 unspecified atom stereocenters. The Bertz CT molecular complexity index is 1300. The van der Waals surface area contributed by atoms with E-state index in [0.717, 1.165) is 43.4 Å². The van der Waals surface area contributed by atoms with Gasteiger partial charge in [-0.25, -0.2) is 0 Å². The number of hydrogen-bond donors (Lipinski definition) is 1. The van der Waals surface area contributed by atoms with Gasteiger partial charge in [-0.2, -0.15) is 0 Å². The summed E-state index contributed by atoms with van der Waals surface area (Å²) < 4.78 is 0. The predicted octanol–water partition coefficient (Wildman–Crippen LogP) is 5.75. The van der Waals surface area contributed by atoms with Gasteiger partial charge in [-0.15, -0.1) is 0 Å². The van der Waals surface area contributed by atoms with Crippen LogP contribution >= 0.6 is 0 Å². The van der Waals surface area contributed by atoms with E-state index in [1.807, 2.05) is 18.2 Å². The summed E-state index contributed by atoms with van der Waals surface area (Å²) in [6.45, 7) is 1.92. The SMILES string of the molecule is O=C(Nc1ccc2c3c(cccc13)CC2)c1ccc(CN2CCc3ccccc32)cc1. The predicted molar refractivity (Wildman–Crippen MR) is 127 cm³/mol. The second-order valence-electron chi connectivity index (χ2n) is 8.56. The van der Waals surface area contributed by atoms with E-state index in [1.54, 1.807) is 0 Å². The second kappa shape index (κ2) is 7.28. The Morgan fingerprint density at radius 2 is 1.55 bits per heavy atom. The zero-order valence-electron chi connectivity index (χ0n) is 17.4. The van der Waals surface area contributed by atoms with Crippen LogP contribution in [0.25, 0.3) is 10.8 Å². The summed E-state index contributed by atoms with van der Waals surface area (Å²) in [5, 5.41) is 5.60. The molecule has 1 N–H and O–H groups in total. The molecule has 0 bridgehead atoms. The summed E-state index contributed by atoms with van der Waals surface area (Å²) >= 11 is 0. The lowest BCUT2D eigenvalue weighted by Gasteiger charge is -2.19. The van der Waals surface area contributed by atoms with E-state index in [0.29, 0.717) is 5.56 Å². The number of hydrogen-bond acceptors (Lipinski definition) is 2. The molecule has 152 valence electrons. The number of anilines is 2. The summed E-state index contributed by atoms with van der Waals surface area (Å²) in [7, 11) is 0. The first-order valence-corrected chi connectivity index (χ1v) is 11.0. The van der Waals surface area contributed by atoms with Gasteiger partial charge < -0.3 is 10.2 Å².